The van der Waals surface area contributed by atoms with Gasteiger partial charge in [0.05, 0.1) is 5.41 Å². The van der Waals surface area contributed by atoms with Crippen molar-refractivity contribution >= 4 is 22.6 Å². The van der Waals surface area contributed by atoms with Crippen molar-refractivity contribution in [3.63, 3.8) is 0 Å². The molecule has 1 aliphatic carbocycles. The van der Waals surface area contributed by atoms with Crippen LogP contribution < -0.4 is 4.90 Å². The largest absolute Gasteiger partial charge is 0.481 e. The average Bonchev–Trinajstić information content (AvgIpc) is 2.61. The molecule has 5 nitrogen and oxygen atoms in total. The van der Waals surface area contributed by atoms with E-state index in [1.807, 2.05) is 11.8 Å². The molecule has 6 heteroatoms. The average molecular weight is 225 g/mol. The minimum atomic E-state index is -0.656. The second-order valence-corrected chi connectivity index (χ2v) is 5.10. The quantitative estimate of drug-likeness (QED) is 0.804. The molecule has 2 heterocycles. The Morgan fingerprint density at radius 1 is 1.73 bits per heavy atom. The molecule has 1 saturated carbocycles. The summed E-state index contributed by atoms with van der Waals surface area (Å²) in [5.41, 5.74) is -0.473. The molecule has 80 valence electrons. The van der Waals surface area contributed by atoms with Crippen molar-refractivity contribution in [2.75, 3.05) is 18.0 Å². The first-order chi connectivity index (χ1) is 7.12. The van der Waals surface area contributed by atoms with Crippen molar-refractivity contribution in [1.82, 2.24) is 9.36 Å². The summed E-state index contributed by atoms with van der Waals surface area (Å²) in [6, 6.07) is 0. The fourth-order valence-corrected chi connectivity index (χ4v) is 3.06. The van der Waals surface area contributed by atoms with Gasteiger partial charge in [-0.25, -0.2) is 4.98 Å². The number of carboxylic acid groups (broad SMARTS) is 1. The van der Waals surface area contributed by atoms with E-state index < -0.39 is 11.4 Å². The lowest BCUT2D eigenvalue weighted by Crippen LogP contribution is -2.28. The summed E-state index contributed by atoms with van der Waals surface area (Å²) >= 11 is 1.35. The SMILES string of the molecule is Cc1nsc(N2CC3CC3(C(=O)O)C2)n1. The molecule has 0 radical (unpaired) electrons. The molecule has 0 amide bonds. The van der Waals surface area contributed by atoms with Crippen LogP contribution in [0.2, 0.25) is 0 Å². The minimum absolute atomic E-state index is 0.319. The van der Waals surface area contributed by atoms with Crippen LogP contribution in [0.1, 0.15) is 12.2 Å². The Hall–Kier alpha value is -1.17. The molecule has 0 bridgehead atoms. The summed E-state index contributed by atoms with van der Waals surface area (Å²) in [6.07, 6.45) is 0.830. The predicted octanol–water partition coefficient (Wildman–Crippen LogP) is 0.757. The smallest absolute Gasteiger partial charge is 0.311 e. The van der Waals surface area contributed by atoms with Crippen molar-refractivity contribution in [1.29, 1.82) is 0 Å². The van der Waals surface area contributed by atoms with Crippen LogP contribution in [0, 0.1) is 18.3 Å². The van der Waals surface area contributed by atoms with Gasteiger partial charge in [-0.15, -0.1) is 0 Å². The molecule has 2 fully saturated rings. The first-order valence-corrected chi connectivity index (χ1v) is 5.68. The number of rotatable bonds is 2. The molecule has 0 spiro atoms. The number of aryl methyl sites for hydroxylation is 1. The monoisotopic (exact) mass is 225 g/mol. The number of hydrogen-bond acceptors (Lipinski definition) is 5. The molecular formula is C9H11N3O2S. The summed E-state index contributed by atoms with van der Waals surface area (Å²) < 4.78 is 4.11. The van der Waals surface area contributed by atoms with Gasteiger partial charge in [-0.3, -0.25) is 4.79 Å². The Morgan fingerprint density at radius 3 is 3.07 bits per heavy atom. The maximum Gasteiger partial charge on any atom is 0.311 e. The van der Waals surface area contributed by atoms with E-state index in [0.717, 1.165) is 23.9 Å². The summed E-state index contributed by atoms with van der Waals surface area (Å²) in [7, 11) is 0. The van der Waals surface area contributed by atoms with Crippen LogP contribution in [0.5, 0.6) is 0 Å². The molecule has 2 unspecified atom stereocenters. The molecule has 2 atom stereocenters. The van der Waals surface area contributed by atoms with Crippen LogP contribution >= 0.6 is 11.5 Å². The zero-order valence-electron chi connectivity index (χ0n) is 8.30. The maximum atomic E-state index is 11.1. The van der Waals surface area contributed by atoms with E-state index in [1.165, 1.54) is 11.5 Å². The second kappa shape index (κ2) is 2.69. The predicted molar refractivity (Wildman–Crippen MR) is 55.0 cm³/mol. The van der Waals surface area contributed by atoms with Gasteiger partial charge < -0.3 is 10.0 Å². The number of aromatic nitrogens is 2. The van der Waals surface area contributed by atoms with E-state index in [1.54, 1.807) is 0 Å². The van der Waals surface area contributed by atoms with E-state index in [0.29, 0.717) is 12.5 Å². The highest BCUT2D eigenvalue weighted by Gasteiger charge is 2.65. The number of anilines is 1. The molecule has 3 rings (SSSR count). The van der Waals surface area contributed by atoms with E-state index in [2.05, 4.69) is 9.36 Å². The number of fused-ring (bicyclic) bond motifs is 1. The molecule has 1 aromatic heterocycles. The van der Waals surface area contributed by atoms with Gasteiger partial charge in [0.15, 0.2) is 0 Å². The van der Waals surface area contributed by atoms with Crippen LogP contribution in [0.15, 0.2) is 0 Å². The molecule has 1 aromatic rings. The highest BCUT2D eigenvalue weighted by atomic mass is 32.1. The molecular weight excluding hydrogens is 214 g/mol. The molecule has 1 N–H and O–H groups in total. The van der Waals surface area contributed by atoms with Crippen molar-refractivity contribution in [3.05, 3.63) is 5.82 Å². The zero-order valence-corrected chi connectivity index (χ0v) is 9.12. The number of piperidine rings is 1. The highest BCUT2D eigenvalue weighted by molar-refractivity contribution is 7.09. The van der Waals surface area contributed by atoms with Crippen LogP contribution in [-0.4, -0.2) is 33.5 Å². The van der Waals surface area contributed by atoms with Crippen molar-refractivity contribution in [2.45, 2.75) is 13.3 Å². The zero-order chi connectivity index (χ0) is 10.6. The summed E-state index contributed by atoms with van der Waals surface area (Å²) in [6.45, 7) is 3.27. The van der Waals surface area contributed by atoms with E-state index in [9.17, 15) is 4.79 Å². The molecule has 1 saturated heterocycles. The highest BCUT2D eigenvalue weighted by Crippen LogP contribution is 2.58. The first-order valence-electron chi connectivity index (χ1n) is 4.90. The van der Waals surface area contributed by atoms with Crippen molar-refractivity contribution in [3.8, 4) is 0 Å². The number of carboxylic acids is 1. The number of carbonyl (C=O) groups is 1. The summed E-state index contributed by atoms with van der Waals surface area (Å²) in [5, 5.41) is 9.99. The lowest BCUT2D eigenvalue weighted by Gasteiger charge is -2.17. The van der Waals surface area contributed by atoms with Crippen LogP contribution in [-0.2, 0) is 4.79 Å². The lowest BCUT2D eigenvalue weighted by atomic mass is 10.1. The molecule has 0 aromatic carbocycles. The van der Waals surface area contributed by atoms with Gasteiger partial charge >= 0.3 is 5.97 Å². The standard InChI is InChI=1S/C9H11N3O2S/c1-5-10-8(15-11-5)12-3-6-2-9(6,4-12)7(13)14/h6H,2-4H2,1H3,(H,13,14). The first kappa shape index (κ1) is 9.08. The number of hydrogen-bond donors (Lipinski definition) is 1. The van der Waals surface area contributed by atoms with Gasteiger partial charge in [0, 0.05) is 24.6 Å². The van der Waals surface area contributed by atoms with Gasteiger partial charge in [-0.05, 0) is 19.3 Å². The fraction of sp³-hybridized carbons (Fsp3) is 0.667. The van der Waals surface area contributed by atoms with Gasteiger partial charge in [-0.1, -0.05) is 0 Å². The third kappa shape index (κ3) is 1.17. The van der Waals surface area contributed by atoms with Gasteiger partial charge in [0.1, 0.15) is 5.82 Å². The lowest BCUT2D eigenvalue weighted by molar-refractivity contribution is -0.142. The summed E-state index contributed by atoms with van der Waals surface area (Å²) in [5.74, 6) is 0.426. The normalized spacial score (nSPS) is 32.9. The van der Waals surface area contributed by atoms with Gasteiger partial charge in [0.2, 0.25) is 5.13 Å². The van der Waals surface area contributed by atoms with E-state index >= 15 is 0 Å². The Labute approximate surface area is 90.9 Å². The van der Waals surface area contributed by atoms with Crippen molar-refractivity contribution < 1.29 is 9.90 Å². The molecule has 1 aliphatic heterocycles. The Balaban J connectivity index is 1.81. The third-order valence-corrected chi connectivity index (χ3v) is 4.23. The van der Waals surface area contributed by atoms with Crippen LogP contribution in [0.3, 0.4) is 0 Å². The van der Waals surface area contributed by atoms with E-state index in [-0.39, 0.29) is 0 Å². The fourth-order valence-electron chi connectivity index (χ4n) is 2.37. The minimum Gasteiger partial charge on any atom is -0.481 e. The number of nitrogens with zero attached hydrogens (tertiary/aromatic N) is 3. The summed E-state index contributed by atoms with van der Waals surface area (Å²) in [4.78, 5) is 17.4. The van der Waals surface area contributed by atoms with Crippen LogP contribution in [0.4, 0.5) is 5.13 Å². The topological polar surface area (TPSA) is 66.3 Å². The Morgan fingerprint density at radius 2 is 2.53 bits per heavy atom. The van der Waals surface area contributed by atoms with Crippen LogP contribution in [0.25, 0.3) is 0 Å². The Kier molecular flexibility index (Phi) is 1.63. The number of aliphatic carboxylic acids is 1. The van der Waals surface area contributed by atoms with E-state index in [4.69, 9.17) is 5.11 Å². The molecule has 15 heavy (non-hydrogen) atoms. The maximum absolute atomic E-state index is 11.1. The van der Waals surface area contributed by atoms with Gasteiger partial charge in [0.25, 0.3) is 0 Å². The second-order valence-electron chi connectivity index (χ2n) is 4.37. The Bertz CT molecular complexity index is 433. The molecule has 2 aliphatic rings. The van der Waals surface area contributed by atoms with Crippen molar-refractivity contribution in [2.24, 2.45) is 11.3 Å². The third-order valence-electron chi connectivity index (χ3n) is 3.36. The van der Waals surface area contributed by atoms with Gasteiger partial charge in [-0.2, -0.15) is 4.37 Å².